The van der Waals surface area contributed by atoms with Crippen LogP contribution in [0.3, 0.4) is 0 Å². The summed E-state index contributed by atoms with van der Waals surface area (Å²) in [5.41, 5.74) is 1.44. The highest BCUT2D eigenvalue weighted by Crippen LogP contribution is 2.25. The average Bonchev–Trinajstić information content (AvgIpc) is 2.90. The summed E-state index contributed by atoms with van der Waals surface area (Å²) in [5, 5.41) is 3.31. The van der Waals surface area contributed by atoms with Crippen molar-refractivity contribution in [1.82, 2.24) is 10.2 Å². The summed E-state index contributed by atoms with van der Waals surface area (Å²) in [4.78, 5) is 28.1. The molecule has 2 amide bonds. The van der Waals surface area contributed by atoms with E-state index in [4.69, 9.17) is 23.2 Å². The summed E-state index contributed by atoms with van der Waals surface area (Å²) < 4.78 is 40.2. The van der Waals surface area contributed by atoms with Crippen molar-refractivity contribution >= 4 is 50.7 Å². The van der Waals surface area contributed by atoms with Gasteiger partial charge in [0.05, 0.1) is 22.0 Å². The van der Waals surface area contributed by atoms with Gasteiger partial charge in [0.25, 0.3) is 0 Å². The van der Waals surface area contributed by atoms with Gasteiger partial charge in [0.2, 0.25) is 21.8 Å². The Morgan fingerprint density at radius 1 is 0.949 bits per heavy atom. The summed E-state index contributed by atoms with van der Waals surface area (Å²) in [6.07, 6.45) is 1.27. The molecule has 11 heteroatoms. The second-order valence-electron chi connectivity index (χ2n) is 8.98. The first kappa shape index (κ1) is 30.4. The molecular weight excluding hydrogens is 564 g/mol. The second-order valence-corrected chi connectivity index (χ2v) is 11.7. The monoisotopic (exact) mass is 593 g/mol. The Morgan fingerprint density at radius 3 is 2.23 bits per heavy atom. The number of nitrogens with one attached hydrogen (secondary N) is 1. The van der Waals surface area contributed by atoms with Gasteiger partial charge in [0.1, 0.15) is 11.9 Å². The van der Waals surface area contributed by atoms with Crippen LogP contribution in [-0.2, 0) is 32.6 Å². The molecular formula is C28H30Cl2FN3O4S. The van der Waals surface area contributed by atoms with E-state index < -0.39 is 21.9 Å². The van der Waals surface area contributed by atoms with Crippen LogP contribution < -0.4 is 9.62 Å². The molecule has 0 aromatic heterocycles. The fraction of sp³-hybridized carbons (Fsp3) is 0.286. The molecule has 0 heterocycles. The molecule has 0 saturated heterocycles. The molecule has 39 heavy (non-hydrogen) atoms. The van der Waals surface area contributed by atoms with Crippen LogP contribution in [0.25, 0.3) is 0 Å². The first-order chi connectivity index (χ1) is 18.5. The molecule has 0 aliphatic rings. The van der Waals surface area contributed by atoms with Crippen molar-refractivity contribution in [1.29, 1.82) is 0 Å². The van der Waals surface area contributed by atoms with E-state index in [9.17, 15) is 22.4 Å². The fourth-order valence-corrected chi connectivity index (χ4v) is 5.48. The smallest absolute Gasteiger partial charge is 0.242 e. The summed E-state index contributed by atoms with van der Waals surface area (Å²) >= 11 is 12.3. The Morgan fingerprint density at radius 2 is 1.62 bits per heavy atom. The zero-order valence-electron chi connectivity index (χ0n) is 21.6. The van der Waals surface area contributed by atoms with Crippen LogP contribution in [0.5, 0.6) is 0 Å². The third-order valence-electron chi connectivity index (χ3n) is 6.13. The van der Waals surface area contributed by atoms with Crippen LogP contribution in [0.2, 0.25) is 10.0 Å². The SMILES string of the molecule is CNC(=O)C(Cc1ccccc1)N(Cc1ccc(Cl)c(Cl)c1)C(=O)CCCN(c1ccccc1F)S(C)(=O)=O. The number of halogens is 3. The molecule has 7 nitrogen and oxygen atoms in total. The van der Waals surface area contributed by atoms with E-state index in [1.165, 1.54) is 36.2 Å². The van der Waals surface area contributed by atoms with E-state index in [2.05, 4.69) is 5.32 Å². The molecule has 0 saturated carbocycles. The van der Waals surface area contributed by atoms with Crippen LogP contribution in [-0.4, -0.2) is 51.0 Å². The minimum atomic E-state index is -3.81. The van der Waals surface area contributed by atoms with Crippen molar-refractivity contribution in [2.24, 2.45) is 0 Å². The second kappa shape index (κ2) is 13.8. The number of benzene rings is 3. The van der Waals surface area contributed by atoms with Crippen molar-refractivity contribution < 1.29 is 22.4 Å². The van der Waals surface area contributed by atoms with Gasteiger partial charge in [-0.05, 0) is 41.8 Å². The maximum absolute atomic E-state index is 14.4. The fourth-order valence-electron chi connectivity index (χ4n) is 4.19. The van der Waals surface area contributed by atoms with Gasteiger partial charge in [-0.3, -0.25) is 13.9 Å². The predicted octanol–water partition coefficient (Wildman–Crippen LogP) is 5.06. The molecule has 1 N–H and O–H groups in total. The number of sulfonamides is 1. The van der Waals surface area contributed by atoms with Gasteiger partial charge in [0.15, 0.2) is 0 Å². The van der Waals surface area contributed by atoms with Gasteiger partial charge in [-0.1, -0.05) is 71.7 Å². The molecule has 0 radical (unpaired) electrons. The third kappa shape index (κ3) is 8.42. The molecule has 208 valence electrons. The number of para-hydroxylation sites is 1. The zero-order valence-corrected chi connectivity index (χ0v) is 23.9. The lowest BCUT2D eigenvalue weighted by atomic mass is 10.0. The first-order valence-electron chi connectivity index (χ1n) is 12.2. The van der Waals surface area contributed by atoms with E-state index in [-0.39, 0.29) is 49.9 Å². The number of carbonyl (C=O) groups is 2. The van der Waals surface area contributed by atoms with Crippen LogP contribution in [0.15, 0.2) is 72.8 Å². The Bertz CT molecular complexity index is 1410. The molecule has 0 bridgehead atoms. The number of hydrogen-bond acceptors (Lipinski definition) is 4. The molecule has 0 fully saturated rings. The Hall–Kier alpha value is -3.14. The van der Waals surface area contributed by atoms with Crippen molar-refractivity contribution in [2.75, 3.05) is 24.2 Å². The highest BCUT2D eigenvalue weighted by molar-refractivity contribution is 7.92. The van der Waals surface area contributed by atoms with Crippen molar-refractivity contribution in [3.63, 3.8) is 0 Å². The maximum Gasteiger partial charge on any atom is 0.242 e. The highest BCUT2D eigenvalue weighted by atomic mass is 35.5. The van der Waals surface area contributed by atoms with Gasteiger partial charge >= 0.3 is 0 Å². The number of rotatable bonds is 12. The number of carbonyl (C=O) groups excluding carboxylic acids is 2. The van der Waals surface area contributed by atoms with Crippen LogP contribution >= 0.6 is 23.2 Å². The molecule has 0 aliphatic heterocycles. The maximum atomic E-state index is 14.4. The third-order valence-corrected chi connectivity index (χ3v) is 8.05. The zero-order chi connectivity index (χ0) is 28.6. The van der Waals surface area contributed by atoms with Gasteiger partial charge < -0.3 is 10.2 Å². The van der Waals surface area contributed by atoms with E-state index in [0.29, 0.717) is 15.6 Å². The summed E-state index contributed by atoms with van der Waals surface area (Å²) in [7, 11) is -2.31. The number of amides is 2. The lowest BCUT2D eigenvalue weighted by Gasteiger charge is -2.31. The quantitative estimate of drug-likeness (QED) is 0.318. The summed E-state index contributed by atoms with van der Waals surface area (Å²) in [5.74, 6) is -1.40. The predicted molar refractivity (Wildman–Crippen MR) is 153 cm³/mol. The van der Waals surface area contributed by atoms with Gasteiger partial charge in [0, 0.05) is 33.0 Å². The van der Waals surface area contributed by atoms with Crippen molar-refractivity contribution in [2.45, 2.75) is 31.8 Å². The van der Waals surface area contributed by atoms with E-state index in [1.54, 1.807) is 18.2 Å². The molecule has 0 aliphatic carbocycles. The van der Waals surface area contributed by atoms with Crippen molar-refractivity contribution in [3.8, 4) is 0 Å². The van der Waals surface area contributed by atoms with E-state index >= 15 is 0 Å². The minimum Gasteiger partial charge on any atom is -0.357 e. The normalized spacial score (nSPS) is 12.0. The van der Waals surface area contributed by atoms with Crippen LogP contribution in [0.4, 0.5) is 10.1 Å². The van der Waals surface area contributed by atoms with Gasteiger partial charge in [-0.15, -0.1) is 0 Å². The largest absolute Gasteiger partial charge is 0.357 e. The lowest BCUT2D eigenvalue weighted by Crippen LogP contribution is -2.49. The molecule has 3 aromatic carbocycles. The lowest BCUT2D eigenvalue weighted by molar-refractivity contribution is -0.141. The topological polar surface area (TPSA) is 86.8 Å². The van der Waals surface area contributed by atoms with Crippen LogP contribution in [0, 0.1) is 5.82 Å². The molecule has 1 unspecified atom stereocenters. The Kier molecular flexibility index (Phi) is 10.7. The Labute approximate surface area is 238 Å². The molecule has 1 atom stereocenters. The molecule has 0 spiro atoms. The average molecular weight is 595 g/mol. The number of nitrogens with zero attached hydrogens (tertiary/aromatic N) is 2. The number of likely N-dealkylation sites (N-methyl/N-ethyl adjacent to an activating group) is 1. The summed E-state index contributed by atoms with van der Waals surface area (Å²) in [6.45, 7) is -0.0425. The number of anilines is 1. The van der Waals surface area contributed by atoms with Crippen LogP contribution in [0.1, 0.15) is 24.0 Å². The highest BCUT2D eigenvalue weighted by Gasteiger charge is 2.30. The first-order valence-corrected chi connectivity index (χ1v) is 14.8. The van der Waals surface area contributed by atoms with Gasteiger partial charge in [-0.25, -0.2) is 12.8 Å². The Balaban J connectivity index is 1.87. The molecule has 3 rings (SSSR count). The summed E-state index contributed by atoms with van der Waals surface area (Å²) in [6, 6.07) is 19.0. The molecule has 3 aromatic rings. The standard InChI is InChI=1S/C28H30Cl2FN3O4S/c1-32-28(36)26(18-20-9-4-3-5-10-20)33(19-21-14-15-22(29)23(30)17-21)27(35)13-8-16-34(39(2,37)38)25-12-7-6-11-24(25)31/h3-7,9-12,14-15,17,26H,8,13,16,18-19H2,1-2H3,(H,32,36). The van der Waals surface area contributed by atoms with E-state index in [0.717, 1.165) is 16.1 Å². The van der Waals surface area contributed by atoms with E-state index in [1.807, 2.05) is 30.3 Å². The van der Waals surface area contributed by atoms with Gasteiger partial charge in [-0.2, -0.15) is 0 Å². The minimum absolute atomic E-state index is 0.0732. The van der Waals surface area contributed by atoms with Crippen molar-refractivity contribution in [3.05, 3.63) is 99.8 Å². The number of hydrogen-bond donors (Lipinski definition) is 1.